The van der Waals surface area contributed by atoms with E-state index in [1.807, 2.05) is 19.1 Å². The Morgan fingerprint density at radius 2 is 1.83 bits per heavy atom. The Hall–Kier alpha value is -1.66. The molecule has 2 unspecified atom stereocenters. The average Bonchev–Trinajstić information content (AvgIpc) is 2.74. The second-order valence-electron chi connectivity index (χ2n) is 8.44. The number of benzene rings is 1. The molecule has 1 aliphatic heterocycles. The molecule has 6 heteroatoms. The van der Waals surface area contributed by atoms with E-state index < -0.39 is 0 Å². The Morgan fingerprint density at radius 1 is 1.17 bits per heavy atom. The number of likely N-dealkylation sites (tertiary alicyclic amines) is 1. The second kappa shape index (κ2) is 10.4. The predicted octanol–water partition coefficient (Wildman–Crippen LogP) is 4.54. The molecule has 0 amide bonds. The lowest BCUT2D eigenvalue weighted by Gasteiger charge is -2.44. The third kappa shape index (κ3) is 5.70. The van der Waals surface area contributed by atoms with E-state index in [2.05, 4.69) is 29.1 Å². The first-order valence-electron chi connectivity index (χ1n) is 11.0. The molecule has 0 bridgehead atoms. The number of ether oxygens (including phenoxy) is 1. The van der Waals surface area contributed by atoms with Gasteiger partial charge in [-0.15, -0.1) is 0 Å². The van der Waals surface area contributed by atoms with Gasteiger partial charge in [-0.05, 0) is 82.1 Å². The van der Waals surface area contributed by atoms with E-state index in [9.17, 15) is 4.79 Å². The van der Waals surface area contributed by atoms with Crippen molar-refractivity contribution in [2.75, 3.05) is 32.1 Å². The van der Waals surface area contributed by atoms with Gasteiger partial charge in [-0.3, -0.25) is 0 Å². The van der Waals surface area contributed by atoms with Crippen LogP contribution in [0.15, 0.2) is 24.3 Å². The molecular weight excluding hydrogens is 382 g/mol. The minimum Gasteiger partial charge on any atom is -0.462 e. The lowest BCUT2D eigenvalue weighted by molar-refractivity contribution is 0.0526. The number of esters is 1. The molecule has 3 rings (SSSR count). The lowest BCUT2D eigenvalue weighted by atomic mass is 9.84. The maximum absolute atomic E-state index is 11.8. The van der Waals surface area contributed by atoms with Gasteiger partial charge in [0, 0.05) is 30.9 Å². The van der Waals surface area contributed by atoms with Crippen LogP contribution in [0.1, 0.15) is 62.7 Å². The van der Waals surface area contributed by atoms with Gasteiger partial charge >= 0.3 is 5.97 Å². The number of nitrogens with zero attached hydrogens (tertiary/aromatic N) is 2. The van der Waals surface area contributed by atoms with E-state index in [0.717, 1.165) is 48.7 Å². The summed E-state index contributed by atoms with van der Waals surface area (Å²) in [5.41, 5.74) is 1.46. The Labute approximate surface area is 180 Å². The third-order valence-corrected chi connectivity index (χ3v) is 6.92. The highest BCUT2D eigenvalue weighted by molar-refractivity contribution is 7.80. The molecule has 0 spiro atoms. The smallest absolute Gasteiger partial charge is 0.338 e. The molecule has 0 radical (unpaired) electrons. The number of rotatable bonds is 5. The summed E-state index contributed by atoms with van der Waals surface area (Å²) in [7, 11) is 2.33. The maximum atomic E-state index is 11.8. The summed E-state index contributed by atoms with van der Waals surface area (Å²) in [5, 5.41) is 4.08. The Kier molecular flexibility index (Phi) is 7.90. The molecule has 1 N–H and O–H groups in total. The molecule has 1 saturated heterocycles. The monoisotopic (exact) mass is 417 g/mol. The Bertz CT molecular complexity index is 686. The number of piperidine rings is 1. The van der Waals surface area contributed by atoms with Crippen molar-refractivity contribution in [3.05, 3.63) is 29.8 Å². The second-order valence-corrected chi connectivity index (χ2v) is 8.83. The zero-order valence-corrected chi connectivity index (χ0v) is 18.8. The van der Waals surface area contributed by atoms with Crippen LogP contribution in [0.4, 0.5) is 5.69 Å². The first-order chi connectivity index (χ1) is 14.0. The largest absolute Gasteiger partial charge is 0.462 e. The van der Waals surface area contributed by atoms with Crippen molar-refractivity contribution in [2.24, 2.45) is 5.92 Å². The zero-order valence-electron chi connectivity index (χ0n) is 18.0. The van der Waals surface area contributed by atoms with Crippen molar-refractivity contribution in [1.82, 2.24) is 9.80 Å². The SMILES string of the molecule is CCOC(=O)c1ccc(NC(=S)N2CCC(N(C)C3CCCCC3C)CC2)cc1. The lowest BCUT2D eigenvalue weighted by Crippen LogP contribution is -2.51. The number of carbonyl (C=O) groups excluding carboxylic acids is 1. The first-order valence-corrected chi connectivity index (χ1v) is 11.5. The molecule has 160 valence electrons. The number of hydrogen-bond donors (Lipinski definition) is 1. The fourth-order valence-corrected chi connectivity index (χ4v) is 5.06. The van der Waals surface area contributed by atoms with Gasteiger partial charge in [0.15, 0.2) is 5.11 Å². The quantitative estimate of drug-likeness (QED) is 0.561. The summed E-state index contributed by atoms with van der Waals surface area (Å²) in [4.78, 5) is 16.7. The molecule has 1 saturated carbocycles. The van der Waals surface area contributed by atoms with Gasteiger partial charge in [0.05, 0.1) is 12.2 Å². The summed E-state index contributed by atoms with van der Waals surface area (Å²) in [6.07, 6.45) is 7.80. The van der Waals surface area contributed by atoms with Gasteiger partial charge in [-0.25, -0.2) is 4.79 Å². The summed E-state index contributed by atoms with van der Waals surface area (Å²) < 4.78 is 5.03. The van der Waals surface area contributed by atoms with Gasteiger partial charge in [0.2, 0.25) is 0 Å². The van der Waals surface area contributed by atoms with E-state index in [1.165, 1.54) is 25.7 Å². The summed E-state index contributed by atoms with van der Waals surface area (Å²) in [6.45, 7) is 6.59. The fraction of sp³-hybridized carbons (Fsp3) is 0.652. The Morgan fingerprint density at radius 3 is 2.45 bits per heavy atom. The fourth-order valence-electron chi connectivity index (χ4n) is 4.76. The highest BCUT2D eigenvalue weighted by atomic mass is 32.1. The molecule has 29 heavy (non-hydrogen) atoms. The highest BCUT2D eigenvalue weighted by Gasteiger charge is 2.31. The minimum absolute atomic E-state index is 0.292. The molecule has 5 nitrogen and oxygen atoms in total. The topological polar surface area (TPSA) is 44.8 Å². The van der Waals surface area contributed by atoms with E-state index >= 15 is 0 Å². The molecular formula is C23H35N3O2S. The number of hydrogen-bond acceptors (Lipinski definition) is 4. The zero-order chi connectivity index (χ0) is 20.8. The molecule has 1 heterocycles. The van der Waals surface area contributed by atoms with Crippen LogP contribution in [0.2, 0.25) is 0 Å². The predicted molar refractivity (Wildman–Crippen MR) is 122 cm³/mol. The van der Waals surface area contributed by atoms with Crippen molar-refractivity contribution in [3.63, 3.8) is 0 Å². The van der Waals surface area contributed by atoms with Gasteiger partial charge in [0.25, 0.3) is 0 Å². The molecule has 1 aromatic carbocycles. The van der Waals surface area contributed by atoms with Crippen molar-refractivity contribution in [2.45, 2.75) is 64.5 Å². The molecule has 1 aliphatic carbocycles. The highest BCUT2D eigenvalue weighted by Crippen LogP contribution is 2.30. The third-order valence-electron chi connectivity index (χ3n) is 6.56. The Balaban J connectivity index is 1.48. The van der Waals surface area contributed by atoms with Crippen LogP contribution in [0.25, 0.3) is 0 Å². The van der Waals surface area contributed by atoms with E-state index in [4.69, 9.17) is 17.0 Å². The van der Waals surface area contributed by atoms with Crippen molar-refractivity contribution in [1.29, 1.82) is 0 Å². The van der Waals surface area contributed by atoms with Gasteiger partial charge in [-0.2, -0.15) is 0 Å². The summed E-state index contributed by atoms with van der Waals surface area (Å²) in [5.74, 6) is 0.521. The normalized spacial score (nSPS) is 23.1. The number of nitrogens with one attached hydrogen (secondary N) is 1. The minimum atomic E-state index is -0.292. The van der Waals surface area contributed by atoms with Crippen LogP contribution in [-0.4, -0.2) is 59.7 Å². The van der Waals surface area contributed by atoms with Crippen LogP contribution >= 0.6 is 12.2 Å². The molecule has 2 fully saturated rings. The summed E-state index contributed by atoms with van der Waals surface area (Å²) in [6, 6.07) is 8.70. The van der Waals surface area contributed by atoms with Crippen LogP contribution < -0.4 is 5.32 Å². The van der Waals surface area contributed by atoms with E-state index in [1.54, 1.807) is 12.1 Å². The first kappa shape index (κ1) is 22.0. The average molecular weight is 418 g/mol. The standard InChI is InChI=1S/C23H35N3O2S/c1-4-28-22(27)18-9-11-19(12-10-18)24-23(29)26-15-13-20(14-16-26)25(3)21-8-6-5-7-17(21)2/h9-12,17,20-21H,4-8,13-16H2,1-3H3,(H,24,29). The van der Waals surface area contributed by atoms with Crippen molar-refractivity contribution < 1.29 is 9.53 Å². The number of carbonyl (C=O) groups is 1. The number of anilines is 1. The molecule has 2 aliphatic rings. The van der Waals surface area contributed by atoms with Gasteiger partial charge < -0.3 is 19.9 Å². The van der Waals surface area contributed by atoms with E-state index in [0.29, 0.717) is 18.2 Å². The van der Waals surface area contributed by atoms with Gasteiger partial charge in [0.1, 0.15) is 0 Å². The van der Waals surface area contributed by atoms with Gasteiger partial charge in [-0.1, -0.05) is 19.8 Å². The van der Waals surface area contributed by atoms with E-state index in [-0.39, 0.29) is 5.97 Å². The maximum Gasteiger partial charge on any atom is 0.338 e. The summed E-state index contributed by atoms with van der Waals surface area (Å²) >= 11 is 5.64. The van der Waals surface area contributed by atoms with Crippen LogP contribution in [-0.2, 0) is 4.74 Å². The molecule has 2 atom stereocenters. The molecule has 1 aromatic rings. The van der Waals surface area contributed by atoms with Crippen LogP contribution in [0, 0.1) is 5.92 Å². The van der Waals surface area contributed by atoms with Crippen molar-refractivity contribution in [3.8, 4) is 0 Å². The van der Waals surface area contributed by atoms with Crippen LogP contribution in [0.5, 0.6) is 0 Å². The van der Waals surface area contributed by atoms with Crippen LogP contribution in [0.3, 0.4) is 0 Å². The number of thiocarbonyl (C=S) groups is 1. The van der Waals surface area contributed by atoms with Crippen molar-refractivity contribution >= 4 is 29.0 Å². The molecule has 0 aromatic heterocycles.